The molecule has 2 aliphatic heterocycles. The molecule has 2 saturated heterocycles. The van der Waals surface area contributed by atoms with E-state index in [1.54, 1.807) is 12.1 Å². The molecule has 2 atom stereocenters. The minimum absolute atomic E-state index is 0.128. The van der Waals surface area contributed by atoms with Gasteiger partial charge in [0.1, 0.15) is 18.4 Å². The second kappa shape index (κ2) is 8.93. The largest absolute Gasteiger partial charge is 0.350 e. The van der Waals surface area contributed by atoms with Gasteiger partial charge in [-0.25, -0.2) is 9.18 Å². The summed E-state index contributed by atoms with van der Waals surface area (Å²) in [4.78, 5) is 42.3. The van der Waals surface area contributed by atoms with Crippen LogP contribution in [0.1, 0.15) is 23.3 Å². The van der Waals surface area contributed by atoms with Gasteiger partial charge < -0.3 is 15.5 Å². The van der Waals surface area contributed by atoms with E-state index in [1.807, 2.05) is 17.5 Å². The summed E-state index contributed by atoms with van der Waals surface area (Å²) in [7, 11) is 0. The average molecular weight is 431 g/mol. The maximum absolute atomic E-state index is 13.2. The summed E-state index contributed by atoms with van der Waals surface area (Å²) in [6.45, 7) is 1.02. The predicted molar refractivity (Wildman–Crippen MR) is 110 cm³/mol. The Bertz CT molecular complexity index is 919. The fourth-order valence-corrected chi connectivity index (χ4v) is 4.61. The van der Waals surface area contributed by atoms with Crippen LogP contribution in [0.3, 0.4) is 0 Å². The lowest BCUT2D eigenvalue weighted by atomic mass is 9.93. The highest BCUT2D eigenvalue weighted by atomic mass is 32.1. The van der Waals surface area contributed by atoms with Gasteiger partial charge in [-0.15, -0.1) is 11.3 Å². The van der Waals surface area contributed by atoms with Crippen molar-refractivity contribution in [2.24, 2.45) is 0 Å². The number of urea groups is 1. The number of nitrogens with one attached hydrogen (secondary N) is 2. The molecule has 0 saturated carbocycles. The van der Waals surface area contributed by atoms with Crippen LogP contribution in [-0.4, -0.2) is 52.8 Å². The number of hydrogen-bond acceptors (Lipinski definition) is 5. The van der Waals surface area contributed by atoms with E-state index in [4.69, 9.17) is 0 Å². The summed E-state index contributed by atoms with van der Waals surface area (Å²) in [6.07, 6.45) is 1.51. The summed E-state index contributed by atoms with van der Waals surface area (Å²) in [5.41, 5.74) is 0.765. The monoisotopic (exact) mass is 430 g/mol. The number of thiophene rings is 1. The van der Waals surface area contributed by atoms with Crippen LogP contribution in [0.5, 0.6) is 0 Å². The van der Waals surface area contributed by atoms with E-state index in [0.717, 1.165) is 16.9 Å². The van der Waals surface area contributed by atoms with Crippen molar-refractivity contribution < 1.29 is 18.8 Å². The first kappa shape index (κ1) is 20.5. The molecule has 2 aliphatic rings. The second-order valence-electron chi connectivity index (χ2n) is 7.46. The van der Waals surface area contributed by atoms with E-state index in [-0.39, 0.29) is 43.3 Å². The molecule has 2 N–H and O–H groups in total. The first-order valence-corrected chi connectivity index (χ1v) is 10.8. The Kier molecular flexibility index (Phi) is 6.10. The molecule has 2 unspecified atom stereocenters. The molecule has 1 aromatic carbocycles. The van der Waals surface area contributed by atoms with Crippen molar-refractivity contribution in [3.05, 3.63) is 58.0 Å². The first-order chi connectivity index (χ1) is 14.5. The van der Waals surface area contributed by atoms with E-state index >= 15 is 0 Å². The van der Waals surface area contributed by atoms with Gasteiger partial charge in [-0.2, -0.15) is 0 Å². The summed E-state index contributed by atoms with van der Waals surface area (Å²) in [5, 5.41) is 7.89. The molecule has 4 amide bonds. The van der Waals surface area contributed by atoms with Crippen LogP contribution in [0, 0.1) is 5.82 Å². The molecule has 3 heterocycles. The van der Waals surface area contributed by atoms with Gasteiger partial charge in [0.25, 0.3) is 0 Å². The minimum Gasteiger partial charge on any atom is -0.350 e. The van der Waals surface area contributed by atoms with Gasteiger partial charge in [0.15, 0.2) is 0 Å². The van der Waals surface area contributed by atoms with Gasteiger partial charge in [0.05, 0.1) is 12.6 Å². The van der Waals surface area contributed by atoms with Crippen LogP contribution in [0.25, 0.3) is 0 Å². The maximum Gasteiger partial charge on any atom is 0.327 e. The van der Waals surface area contributed by atoms with Gasteiger partial charge in [-0.3, -0.25) is 14.5 Å². The molecule has 1 aromatic heterocycles. The number of amides is 4. The zero-order valence-corrected chi connectivity index (χ0v) is 17.2. The van der Waals surface area contributed by atoms with Crippen molar-refractivity contribution in [3.8, 4) is 0 Å². The van der Waals surface area contributed by atoms with Gasteiger partial charge in [-0.05, 0) is 48.5 Å². The number of carbonyl (C=O) groups is 3. The molecule has 0 spiro atoms. The molecule has 0 bridgehead atoms. The standard InChI is InChI=1S/C21H23FN4O3S/c22-15-7-5-14(6-8-15)11-24-18(27)13-25-17-4-1-9-23-19(17)20(28)26(21(25)29)12-16-3-2-10-30-16/h2-3,5-8,10,17,19,23H,1,4,9,11-13H2,(H,24,27). The van der Waals surface area contributed by atoms with Crippen LogP contribution in [-0.2, 0) is 22.7 Å². The van der Waals surface area contributed by atoms with Gasteiger partial charge in [0.2, 0.25) is 11.8 Å². The zero-order valence-electron chi connectivity index (χ0n) is 16.3. The van der Waals surface area contributed by atoms with E-state index < -0.39 is 12.1 Å². The third-order valence-corrected chi connectivity index (χ3v) is 6.31. The fraction of sp³-hybridized carbons (Fsp3) is 0.381. The molecule has 2 fully saturated rings. The van der Waals surface area contributed by atoms with Gasteiger partial charge in [-0.1, -0.05) is 18.2 Å². The van der Waals surface area contributed by atoms with Crippen molar-refractivity contribution in [1.29, 1.82) is 0 Å². The molecular weight excluding hydrogens is 407 g/mol. The molecule has 4 rings (SSSR count). The van der Waals surface area contributed by atoms with Crippen molar-refractivity contribution in [3.63, 3.8) is 0 Å². The lowest BCUT2D eigenvalue weighted by Gasteiger charge is -2.46. The highest BCUT2D eigenvalue weighted by Crippen LogP contribution is 2.26. The fourth-order valence-electron chi connectivity index (χ4n) is 3.92. The van der Waals surface area contributed by atoms with E-state index in [0.29, 0.717) is 13.0 Å². The van der Waals surface area contributed by atoms with E-state index in [2.05, 4.69) is 10.6 Å². The quantitative estimate of drug-likeness (QED) is 0.735. The van der Waals surface area contributed by atoms with Crippen molar-refractivity contribution in [2.45, 2.75) is 38.0 Å². The SMILES string of the molecule is O=C(CN1C(=O)N(Cc2cccs2)C(=O)C2NCCCC21)NCc1ccc(F)cc1. The van der Waals surface area contributed by atoms with Crippen LogP contribution in [0.2, 0.25) is 0 Å². The summed E-state index contributed by atoms with van der Waals surface area (Å²) in [5.74, 6) is -0.890. The molecular formula is C21H23FN4O3S. The molecule has 0 aliphatic carbocycles. The van der Waals surface area contributed by atoms with Crippen molar-refractivity contribution in [1.82, 2.24) is 20.4 Å². The van der Waals surface area contributed by atoms with Crippen LogP contribution in [0.15, 0.2) is 41.8 Å². The van der Waals surface area contributed by atoms with Crippen LogP contribution < -0.4 is 10.6 Å². The van der Waals surface area contributed by atoms with E-state index in [9.17, 15) is 18.8 Å². The minimum atomic E-state index is -0.499. The number of rotatable bonds is 6. The van der Waals surface area contributed by atoms with Crippen molar-refractivity contribution >= 4 is 29.2 Å². The highest BCUT2D eigenvalue weighted by Gasteiger charge is 2.47. The van der Waals surface area contributed by atoms with Crippen LogP contribution in [0.4, 0.5) is 9.18 Å². The third kappa shape index (κ3) is 4.36. The lowest BCUT2D eigenvalue weighted by Crippen LogP contribution is -2.70. The number of halogens is 1. The highest BCUT2D eigenvalue weighted by molar-refractivity contribution is 7.09. The Morgan fingerprint density at radius 2 is 2.03 bits per heavy atom. The number of hydrogen-bond donors (Lipinski definition) is 2. The molecule has 2 aromatic rings. The normalized spacial score (nSPS) is 21.5. The predicted octanol–water partition coefficient (Wildman–Crippen LogP) is 2.09. The van der Waals surface area contributed by atoms with Gasteiger partial charge in [0, 0.05) is 11.4 Å². The summed E-state index contributed by atoms with van der Waals surface area (Å²) < 4.78 is 13.0. The second-order valence-corrected chi connectivity index (χ2v) is 8.49. The van der Waals surface area contributed by atoms with Crippen molar-refractivity contribution in [2.75, 3.05) is 13.1 Å². The zero-order chi connectivity index (χ0) is 21.1. The molecule has 9 heteroatoms. The summed E-state index contributed by atoms with van der Waals surface area (Å²) in [6, 6.07) is 8.36. The topological polar surface area (TPSA) is 81.8 Å². The average Bonchev–Trinajstić information content (AvgIpc) is 3.27. The molecule has 0 radical (unpaired) electrons. The number of fused-ring (bicyclic) bond motifs is 1. The Morgan fingerprint density at radius 3 is 2.77 bits per heavy atom. The number of nitrogens with zero attached hydrogens (tertiary/aromatic N) is 2. The van der Waals surface area contributed by atoms with Crippen LogP contribution >= 0.6 is 11.3 Å². The first-order valence-electron chi connectivity index (χ1n) is 9.92. The maximum atomic E-state index is 13.2. The molecule has 158 valence electrons. The Balaban J connectivity index is 1.46. The molecule has 30 heavy (non-hydrogen) atoms. The lowest BCUT2D eigenvalue weighted by molar-refractivity contribution is -0.139. The smallest absolute Gasteiger partial charge is 0.327 e. The number of piperidine rings is 1. The number of benzene rings is 1. The summed E-state index contributed by atoms with van der Waals surface area (Å²) >= 11 is 1.48. The Labute approximate surface area is 177 Å². The Morgan fingerprint density at radius 1 is 1.23 bits per heavy atom. The Hall–Kier alpha value is -2.78. The number of carbonyl (C=O) groups excluding carboxylic acids is 3. The van der Waals surface area contributed by atoms with Gasteiger partial charge >= 0.3 is 6.03 Å². The number of imide groups is 1. The van der Waals surface area contributed by atoms with E-state index in [1.165, 1.54) is 33.3 Å². The third-order valence-electron chi connectivity index (χ3n) is 5.45. The molecule has 7 nitrogen and oxygen atoms in total.